The predicted molar refractivity (Wildman–Crippen MR) is 148 cm³/mol. The fourth-order valence-electron chi connectivity index (χ4n) is 4.91. The van der Waals surface area contributed by atoms with Crippen molar-refractivity contribution in [1.29, 1.82) is 0 Å². The largest absolute Gasteiger partial charge is 0.435 e. The molecule has 210 valence electrons. The van der Waals surface area contributed by atoms with E-state index in [1.54, 1.807) is 42.6 Å². The highest BCUT2D eigenvalue weighted by molar-refractivity contribution is 7.18. The molecule has 4 heterocycles. The van der Waals surface area contributed by atoms with Gasteiger partial charge in [0.25, 0.3) is 5.91 Å². The number of rotatable bonds is 6. The van der Waals surface area contributed by atoms with Gasteiger partial charge in [0.1, 0.15) is 16.5 Å². The molecule has 0 atom stereocenters. The average Bonchev–Trinajstić information content (AvgIpc) is 3.67. The molecule has 2 N–H and O–H groups in total. The minimum absolute atomic E-state index is 0.00119. The van der Waals surface area contributed by atoms with Gasteiger partial charge in [0, 0.05) is 41.4 Å². The molecule has 2 aromatic carbocycles. The molecule has 0 spiro atoms. The third-order valence-electron chi connectivity index (χ3n) is 6.68. The number of anilines is 2. The molecule has 0 fully saturated rings. The molecule has 1 aliphatic rings. The lowest BCUT2D eigenvalue weighted by molar-refractivity contribution is -0.141. The van der Waals surface area contributed by atoms with Gasteiger partial charge >= 0.3 is 6.18 Å². The summed E-state index contributed by atoms with van der Waals surface area (Å²) in [5.41, 5.74) is 6.72. The van der Waals surface area contributed by atoms with Gasteiger partial charge < -0.3 is 20.1 Å². The number of nitrogen functional groups attached to an aromatic ring is 1. The zero-order valence-electron chi connectivity index (χ0n) is 22.0. The van der Waals surface area contributed by atoms with Crippen LogP contribution in [0.4, 0.5) is 24.0 Å². The Hall–Kier alpha value is -4.56. The van der Waals surface area contributed by atoms with E-state index in [4.69, 9.17) is 5.73 Å². The van der Waals surface area contributed by atoms with Crippen molar-refractivity contribution >= 4 is 28.1 Å². The minimum Gasteiger partial charge on any atom is -0.374 e. The second-order valence-corrected chi connectivity index (χ2v) is 10.8. The van der Waals surface area contributed by atoms with Crippen LogP contribution in [0.25, 0.3) is 21.9 Å². The standard InChI is InChI=1S/C27H24F3N9OS/c1-36(2)15-21-32-11-13-37(21)17-6-8-18(9-7-17)38-12-10-20-22(25(38)40)39(35-23(20)27(28,29)30)19-5-3-4-16(14-19)24-33-34-26(31)41-24/h3-9,11,13-14H,10,12,15H2,1-2H3,(H2,31,34). The Bertz CT molecular complexity index is 1740. The number of hydrogen-bond donors (Lipinski definition) is 1. The topological polar surface area (TPSA) is 111 Å². The Balaban J connectivity index is 1.37. The van der Waals surface area contributed by atoms with Crippen LogP contribution in [0.15, 0.2) is 60.9 Å². The normalized spacial score (nSPS) is 13.7. The molecule has 41 heavy (non-hydrogen) atoms. The number of benzene rings is 2. The predicted octanol–water partition coefficient (Wildman–Crippen LogP) is 4.44. The van der Waals surface area contributed by atoms with Gasteiger partial charge in [-0.1, -0.05) is 23.5 Å². The lowest BCUT2D eigenvalue weighted by Crippen LogP contribution is -2.39. The number of amides is 1. The van der Waals surface area contributed by atoms with E-state index in [-0.39, 0.29) is 29.4 Å². The molecular weight excluding hydrogens is 555 g/mol. The van der Waals surface area contributed by atoms with Crippen LogP contribution in [0.5, 0.6) is 0 Å². The first-order valence-corrected chi connectivity index (χ1v) is 13.4. The number of nitrogens with two attached hydrogens (primary N) is 1. The molecule has 1 amide bonds. The van der Waals surface area contributed by atoms with Crippen LogP contribution in [-0.2, 0) is 19.1 Å². The quantitative estimate of drug-likeness (QED) is 0.317. The third kappa shape index (κ3) is 4.95. The van der Waals surface area contributed by atoms with Gasteiger partial charge in [-0.15, -0.1) is 10.2 Å². The number of aromatic nitrogens is 6. The summed E-state index contributed by atoms with van der Waals surface area (Å²) < 4.78 is 45.2. The third-order valence-corrected chi connectivity index (χ3v) is 7.48. The van der Waals surface area contributed by atoms with E-state index < -0.39 is 17.8 Å². The second-order valence-electron chi connectivity index (χ2n) is 9.76. The molecule has 14 heteroatoms. The maximum Gasteiger partial charge on any atom is 0.435 e. The van der Waals surface area contributed by atoms with Gasteiger partial charge in [0.05, 0.1) is 12.2 Å². The van der Waals surface area contributed by atoms with Crippen LogP contribution >= 0.6 is 11.3 Å². The summed E-state index contributed by atoms with van der Waals surface area (Å²) in [5, 5.41) is 12.5. The molecule has 0 radical (unpaired) electrons. The van der Waals surface area contributed by atoms with Gasteiger partial charge in [0.2, 0.25) is 5.13 Å². The number of hydrogen-bond acceptors (Lipinski definition) is 8. The SMILES string of the molecule is CN(C)Cc1nccn1-c1ccc(N2CCc3c(C(F)(F)F)nn(-c4cccc(-c5nnc(N)s5)c4)c3C2=O)cc1. The molecule has 0 aliphatic carbocycles. The summed E-state index contributed by atoms with van der Waals surface area (Å²) in [6.07, 6.45) is -1.15. The molecular formula is C27H24F3N9OS. The summed E-state index contributed by atoms with van der Waals surface area (Å²) >= 11 is 1.15. The molecule has 10 nitrogen and oxygen atoms in total. The van der Waals surface area contributed by atoms with Crippen LogP contribution < -0.4 is 10.6 Å². The van der Waals surface area contributed by atoms with Crippen LogP contribution in [0.3, 0.4) is 0 Å². The molecule has 0 saturated heterocycles. The molecule has 3 aromatic heterocycles. The van der Waals surface area contributed by atoms with Crippen molar-refractivity contribution in [1.82, 2.24) is 34.4 Å². The highest BCUT2D eigenvalue weighted by Gasteiger charge is 2.43. The van der Waals surface area contributed by atoms with Crippen molar-refractivity contribution in [2.75, 3.05) is 31.3 Å². The molecule has 0 unspecified atom stereocenters. The zero-order chi connectivity index (χ0) is 28.9. The monoisotopic (exact) mass is 579 g/mol. The van der Waals surface area contributed by atoms with E-state index in [1.165, 1.54) is 4.90 Å². The highest BCUT2D eigenvalue weighted by atomic mass is 32.1. The fraction of sp³-hybridized carbons (Fsp3) is 0.222. The molecule has 5 aromatic rings. The van der Waals surface area contributed by atoms with Crippen LogP contribution in [0.1, 0.15) is 27.6 Å². The van der Waals surface area contributed by atoms with Crippen molar-refractivity contribution in [2.45, 2.75) is 19.1 Å². The van der Waals surface area contributed by atoms with Crippen molar-refractivity contribution in [3.8, 4) is 21.9 Å². The Morgan fingerprint density at radius 3 is 2.49 bits per heavy atom. The van der Waals surface area contributed by atoms with Crippen molar-refractivity contribution in [3.63, 3.8) is 0 Å². The van der Waals surface area contributed by atoms with E-state index in [1.807, 2.05) is 41.9 Å². The maximum absolute atomic E-state index is 14.0. The second kappa shape index (κ2) is 10.1. The number of imidazole rings is 1. The van der Waals surface area contributed by atoms with Gasteiger partial charge in [-0.25, -0.2) is 9.67 Å². The van der Waals surface area contributed by atoms with E-state index >= 15 is 0 Å². The van der Waals surface area contributed by atoms with E-state index in [0.717, 1.165) is 27.5 Å². The van der Waals surface area contributed by atoms with E-state index in [9.17, 15) is 18.0 Å². The average molecular weight is 580 g/mol. The van der Waals surface area contributed by atoms with E-state index in [2.05, 4.69) is 20.3 Å². The van der Waals surface area contributed by atoms with Crippen LogP contribution in [-0.4, -0.2) is 61.0 Å². The van der Waals surface area contributed by atoms with E-state index in [0.29, 0.717) is 28.5 Å². The Labute approximate surface area is 236 Å². The number of carbonyl (C=O) groups is 1. The lowest BCUT2D eigenvalue weighted by atomic mass is 10.0. The van der Waals surface area contributed by atoms with Crippen LogP contribution in [0.2, 0.25) is 0 Å². The Kier molecular flexibility index (Phi) is 6.58. The first-order valence-electron chi connectivity index (χ1n) is 12.6. The molecule has 6 rings (SSSR count). The lowest BCUT2D eigenvalue weighted by Gasteiger charge is -2.28. The number of nitrogens with zero attached hydrogens (tertiary/aromatic N) is 8. The number of alkyl halides is 3. The summed E-state index contributed by atoms with van der Waals surface area (Å²) in [5.74, 6) is 0.284. The van der Waals surface area contributed by atoms with Crippen molar-refractivity contribution in [2.24, 2.45) is 0 Å². The Morgan fingerprint density at radius 2 is 1.80 bits per heavy atom. The summed E-state index contributed by atoms with van der Waals surface area (Å²) in [6, 6.07) is 13.9. The first kappa shape index (κ1) is 26.7. The smallest absolute Gasteiger partial charge is 0.374 e. The highest BCUT2D eigenvalue weighted by Crippen LogP contribution is 2.38. The van der Waals surface area contributed by atoms with Gasteiger partial charge in [-0.3, -0.25) is 4.79 Å². The molecule has 0 saturated carbocycles. The number of carbonyl (C=O) groups excluding carboxylic acids is 1. The van der Waals surface area contributed by atoms with Gasteiger partial charge in [-0.05, 0) is 56.9 Å². The maximum atomic E-state index is 14.0. The fourth-order valence-corrected chi connectivity index (χ4v) is 5.51. The Morgan fingerprint density at radius 1 is 1.05 bits per heavy atom. The number of halogens is 3. The number of fused-ring (bicyclic) bond motifs is 1. The van der Waals surface area contributed by atoms with Crippen molar-refractivity contribution < 1.29 is 18.0 Å². The zero-order valence-corrected chi connectivity index (χ0v) is 22.8. The van der Waals surface area contributed by atoms with Crippen LogP contribution in [0, 0.1) is 0 Å². The summed E-state index contributed by atoms with van der Waals surface area (Å²) in [7, 11) is 3.91. The summed E-state index contributed by atoms with van der Waals surface area (Å²) in [6.45, 7) is 0.725. The van der Waals surface area contributed by atoms with Gasteiger partial charge in [-0.2, -0.15) is 18.3 Å². The first-order chi connectivity index (χ1) is 19.6. The summed E-state index contributed by atoms with van der Waals surface area (Å²) in [4.78, 5) is 21.7. The minimum atomic E-state index is -4.72. The molecule has 0 bridgehead atoms. The van der Waals surface area contributed by atoms with Crippen molar-refractivity contribution in [3.05, 3.63) is 83.7 Å². The van der Waals surface area contributed by atoms with Gasteiger partial charge in [0.15, 0.2) is 5.69 Å². The molecule has 1 aliphatic heterocycles.